The summed E-state index contributed by atoms with van der Waals surface area (Å²) < 4.78 is 1.62. The molecule has 2 rings (SSSR count). The highest BCUT2D eigenvalue weighted by Crippen LogP contribution is 2.02. The fraction of sp³-hybridized carbons (Fsp3) is 0.400. The Kier molecular flexibility index (Phi) is 3.17. The van der Waals surface area contributed by atoms with E-state index in [9.17, 15) is 4.79 Å². The molecular formula is C10H14N6O. The summed E-state index contributed by atoms with van der Waals surface area (Å²) in [6, 6.07) is 0.108. The SMILES string of the molecule is CC(C)n1ccnc(NCc2ncn[nH]2)c1=O. The molecule has 2 aromatic rings. The molecule has 0 saturated heterocycles. The summed E-state index contributed by atoms with van der Waals surface area (Å²) >= 11 is 0. The van der Waals surface area contributed by atoms with Gasteiger partial charge in [-0.2, -0.15) is 5.10 Å². The van der Waals surface area contributed by atoms with Gasteiger partial charge in [0, 0.05) is 18.4 Å². The molecule has 0 spiro atoms. The third-order valence-corrected chi connectivity index (χ3v) is 2.31. The average molecular weight is 234 g/mol. The Bertz CT molecular complexity index is 530. The Balaban J connectivity index is 2.16. The topological polar surface area (TPSA) is 88.5 Å². The molecule has 2 heterocycles. The zero-order valence-electron chi connectivity index (χ0n) is 9.71. The lowest BCUT2D eigenvalue weighted by molar-refractivity contribution is 0.575. The molecule has 0 radical (unpaired) electrons. The molecule has 0 aliphatic carbocycles. The van der Waals surface area contributed by atoms with Crippen LogP contribution in [-0.2, 0) is 6.54 Å². The second kappa shape index (κ2) is 4.77. The second-order valence-corrected chi connectivity index (χ2v) is 3.87. The van der Waals surface area contributed by atoms with Gasteiger partial charge in [0.05, 0.1) is 6.54 Å². The summed E-state index contributed by atoms with van der Waals surface area (Å²) in [5.74, 6) is 0.976. The van der Waals surface area contributed by atoms with E-state index in [-0.39, 0.29) is 11.6 Å². The maximum atomic E-state index is 12.0. The van der Waals surface area contributed by atoms with E-state index in [1.54, 1.807) is 17.0 Å². The zero-order chi connectivity index (χ0) is 12.3. The van der Waals surface area contributed by atoms with Gasteiger partial charge in [0.2, 0.25) is 0 Å². The van der Waals surface area contributed by atoms with Crippen LogP contribution in [0, 0.1) is 0 Å². The van der Waals surface area contributed by atoms with E-state index in [1.165, 1.54) is 6.33 Å². The van der Waals surface area contributed by atoms with Gasteiger partial charge in [-0.25, -0.2) is 9.97 Å². The number of hydrogen-bond donors (Lipinski definition) is 2. The van der Waals surface area contributed by atoms with Gasteiger partial charge in [-0.05, 0) is 13.8 Å². The number of rotatable bonds is 4. The molecule has 7 heteroatoms. The van der Waals surface area contributed by atoms with Crippen LogP contribution in [0.4, 0.5) is 5.82 Å². The van der Waals surface area contributed by atoms with Gasteiger partial charge in [-0.15, -0.1) is 0 Å². The van der Waals surface area contributed by atoms with Crippen LogP contribution < -0.4 is 10.9 Å². The number of anilines is 1. The molecule has 0 aliphatic rings. The Labute approximate surface area is 97.9 Å². The predicted octanol–water partition coefficient (Wildman–Crippen LogP) is 0.554. The summed E-state index contributed by atoms with van der Waals surface area (Å²) in [6.07, 6.45) is 4.69. The summed E-state index contributed by atoms with van der Waals surface area (Å²) in [4.78, 5) is 19.9. The number of nitrogens with one attached hydrogen (secondary N) is 2. The summed E-state index contributed by atoms with van der Waals surface area (Å²) in [6.45, 7) is 4.29. The molecule has 0 bridgehead atoms. The molecule has 0 unspecified atom stereocenters. The molecule has 17 heavy (non-hydrogen) atoms. The van der Waals surface area contributed by atoms with Gasteiger partial charge in [0.1, 0.15) is 12.2 Å². The van der Waals surface area contributed by atoms with Crippen molar-refractivity contribution >= 4 is 5.82 Å². The van der Waals surface area contributed by atoms with Gasteiger partial charge < -0.3 is 9.88 Å². The monoisotopic (exact) mass is 234 g/mol. The molecule has 0 aromatic carbocycles. The number of H-pyrrole nitrogens is 1. The Morgan fingerprint density at radius 2 is 2.29 bits per heavy atom. The minimum atomic E-state index is -0.137. The summed E-state index contributed by atoms with van der Waals surface area (Å²) in [5.41, 5.74) is -0.137. The van der Waals surface area contributed by atoms with Crippen molar-refractivity contribution < 1.29 is 0 Å². The molecule has 0 fully saturated rings. The highest BCUT2D eigenvalue weighted by molar-refractivity contribution is 5.30. The molecule has 2 aromatic heterocycles. The molecule has 0 aliphatic heterocycles. The van der Waals surface area contributed by atoms with Crippen molar-refractivity contribution in [2.75, 3.05) is 5.32 Å². The van der Waals surface area contributed by atoms with Crippen molar-refractivity contribution in [1.29, 1.82) is 0 Å². The Hall–Kier alpha value is -2.18. The fourth-order valence-electron chi connectivity index (χ4n) is 1.44. The van der Waals surface area contributed by atoms with Crippen molar-refractivity contribution in [3.63, 3.8) is 0 Å². The van der Waals surface area contributed by atoms with Crippen LogP contribution >= 0.6 is 0 Å². The number of aromatic amines is 1. The van der Waals surface area contributed by atoms with E-state index in [2.05, 4.69) is 25.5 Å². The highest BCUT2D eigenvalue weighted by atomic mass is 16.1. The van der Waals surface area contributed by atoms with Crippen molar-refractivity contribution in [2.24, 2.45) is 0 Å². The van der Waals surface area contributed by atoms with Crippen LogP contribution in [0.25, 0.3) is 0 Å². The third kappa shape index (κ3) is 2.49. The molecule has 90 valence electrons. The van der Waals surface area contributed by atoms with Crippen LogP contribution in [-0.4, -0.2) is 24.7 Å². The third-order valence-electron chi connectivity index (χ3n) is 2.31. The van der Waals surface area contributed by atoms with Crippen LogP contribution in [0.5, 0.6) is 0 Å². The lowest BCUT2D eigenvalue weighted by Gasteiger charge is -2.10. The van der Waals surface area contributed by atoms with Crippen LogP contribution in [0.1, 0.15) is 25.7 Å². The second-order valence-electron chi connectivity index (χ2n) is 3.87. The Morgan fingerprint density at radius 3 is 2.94 bits per heavy atom. The minimum Gasteiger partial charge on any atom is -0.358 e. The normalized spacial score (nSPS) is 10.8. The largest absolute Gasteiger partial charge is 0.358 e. The van der Waals surface area contributed by atoms with Gasteiger partial charge in [-0.3, -0.25) is 9.89 Å². The van der Waals surface area contributed by atoms with Crippen LogP contribution in [0.3, 0.4) is 0 Å². The van der Waals surface area contributed by atoms with E-state index in [4.69, 9.17) is 0 Å². The summed E-state index contributed by atoms with van der Waals surface area (Å²) in [5, 5.41) is 9.36. The lowest BCUT2D eigenvalue weighted by Crippen LogP contribution is -2.25. The first-order chi connectivity index (χ1) is 8.18. The smallest absolute Gasteiger partial charge is 0.293 e. The minimum absolute atomic E-state index is 0.108. The molecule has 0 saturated carbocycles. The van der Waals surface area contributed by atoms with E-state index in [1.807, 2.05) is 13.8 Å². The summed E-state index contributed by atoms with van der Waals surface area (Å²) in [7, 11) is 0. The van der Waals surface area contributed by atoms with Crippen molar-refractivity contribution in [3.8, 4) is 0 Å². The lowest BCUT2D eigenvalue weighted by atomic mass is 10.4. The molecule has 0 atom stereocenters. The van der Waals surface area contributed by atoms with Gasteiger partial charge in [0.15, 0.2) is 5.82 Å². The van der Waals surface area contributed by atoms with E-state index in [0.717, 1.165) is 0 Å². The standard InChI is InChI=1S/C10H14N6O/c1-7(2)16-4-3-11-9(10(16)17)12-5-8-13-6-14-15-8/h3-4,6-7H,5H2,1-2H3,(H,11,12)(H,13,14,15). The molecule has 0 amide bonds. The molecular weight excluding hydrogens is 220 g/mol. The maximum absolute atomic E-state index is 12.0. The Morgan fingerprint density at radius 1 is 1.47 bits per heavy atom. The van der Waals surface area contributed by atoms with E-state index in [0.29, 0.717) is 18.2 Å². The number of nitrogens with zero attached hydrogens (tertiary/aromatic N) is 4. The van der Waals surface area contributed by atoms with Gasteiger partial charge in [0.25, 0.3) is 5.56 Å². The van der Waals surface area contributed by atoms with E-state index >= 15 is 0 Å². The fourth-order valence-corrected chi connectivity index (χ4v) is 1.44. The van der Waals surface area contributed by atoms with Crippen molar-refractivity contribution in [1.82, 2.24) is 24.7 Å². The van der Waals surface area contributed by atoms with Gasteiger partial charge >= 0.3 is 0 Å². The number of hydrogen-bond acceptors (Lipinski definition) is 5. The first-order valence-corrected chi connectivity index (χ1v) is 5.33. The van der Waals surface area contributed by atoms with Crippen LogP contribution in [0.2, 0.25) is 0 Å². The molecule has 2 N–H and O–H groups in total. The quantitative estimate of drug-likeness (QED) is 0.806. The first kappa shape index (κ1) is 11.3. The van der Waals surface area contributed by atoms with Crippen LogP contribution in [0.15, 0.2) is 23.5 Å². The number of aromatic nitrogens is 5. The average Bonchev–Trinajstić information content (AvgIpc) is 2.80. The van der Waals surface area contributed by atoms with E-state index < -0.39 is 0 Å². The first-order valence-electron chi connectivity index (χ1n) is 5.33. The highest BCUT2D eigenvalue weighted by Gasteiger charge is 2.07. The zero-order valence-corrected chi connectivity index (χ0v) is 9.71. The predicted molar refractivity (Wildman–Crippen MR) is 62.6 cm³/mol. The van der Waals surface area contributed by atoms with Crippen molar-refractivity contribution in [3.05, 3.63) is 34.9 Å². The van der Waals surface area contributed by atoms with Gasteiger partial charge in [-0.1, -0.05) is 0 Å². The maximum Gasteiger partial charge on any atom is 0.293 e. The molecule has 7 nitrogen and oxygen atoms in total. The van der Waals surface area contributed by atoms with Crippen molar-refractivity contribution in [2.45, 2.75) is 26.4 Å².